The number of likely N-dealkylation sites (N-methyl/N-ethyl adjacent to an activating group) is 1. The van der Waals surface area contributed by atoms with Gasteiger partial charge in [0.1, 0.15) is 0 Å². The van der Waals surface area contributed by atoms with E-state index in [4.69, 9.17) is 0 Å². The van der Waals surface area contributed by atoms with E-state index in [-0.39, 0.29) is 0 Å². The second-order valence-corrected chi connectivity index (χ2v) is 3.41. The number of hydrogen-bond acceptors (Lipinski definition) is 1. The molecule has 1 aliphatic carbocycles. The molecule has 1 aliphatic rings. The molecule has 0 radical (unpaired) electrons. The molecule has 0 bridgehead atoms. The van der Waals surface area contributed by atoms with E-state index in [0.717, 1.165) is 12.1 Å². The molecule has 0 fully saturated rings. The minimum atomic E-state index is 1.06. The Bertz CT molecular complexity index is 279. The molecule has 0 aromatic carbocycles. The van der Waals surface area contributed by atoms with Crippen molar-refractivity contribution in [3.8, 4) is 0 Å². The summed E-state index contributed by atoms with van der Waals surface area (Å²) in [6, 6.07) is 0. The SMILES string of the molecule is C=C(NC)C1=C(C)C(C)=C(C)C1. The number of rotatable bonds is 2. The molecule has 1 N–H and O–H groups in total. The van der Waals surface area contributed by atoms with Gasteiger partial charge in [0.15, 0.2) is 0 Å². The summed E-state index contributed by atoms with van der Waals surface area (Å²) in [6.45, 7) is 10.5. The van der Waals surface area contributed by atoms with Gasteiger partial charge in [-0.25, -0.2) is 0 Å². The smallest absolute Gasteiger partial charge is 0.0303 e. The Morgan fingerprint density at radius 3 is 2.17 bits per heavy atom. The van der Waals surface area contributed by atoms with Crippen LogP contribution < -0.4 is 5.32 Å². The van der Waals surface area contributed by atoms with Crippen molar-refractivity contribution in [2.24, 2.45) is 0 Å². The maximum absolute atomic E-state index is 3.98. The Kier molecular flexibility index (Phi) is 2.41. The molecule has 0 aliphatic heterocycles. The summed E-state index contributed by atoms with van der Waals surface area (Å²) in [4.78, 5) is 0. The van der Waals surface area contributed by atoms with Crippen molar-refractivity contribution in [2.45, 2.75) is 27.2 Å². The van der Waals surface area contributed by atoms with E-state index in [0.29, 0.717) is 0 Å². The molecule has 1 nitrogen and oxygen atoms in total. The highest BCUT2D eigenvalue weighted by molar-refractivity contribution is 5.51. The molecular formula is C11H17N. The minimum Gasteiger partial charge on any atom is -0.388 e. The van der Waals surface area contributed by atoms with E-state index < -0.39 is 0 Å². The summed E-state index contributed by atoms with van der Waals surface area (Å²) in [7, 11) is 1.92. The van der Waals surface area contributed by atoms with Gasteiger partial charge in [0.2, 0.25) is 0 Å². The van der Waals surface area contributed by atoms with E-state index in [1.165, 1.54) is 22.3 Å². The van der Waals surface area contributed by atoms with Crippen LogP contribution in [0.15, 0.2) is 34.6 Å². The normalized spacial score (nSPS) is 17.3. The summed E-state index contributed by atoms with van der Waals surface area (Å²) in [5.41, 5.74) is 6.73. The van der Waals surface area contributed by atoms with E-state index >= 15 is 0 Å². The first-order valence-electron chi connectivity index (χ1n) is 4.31. The Hall–Kier alpha value is -0.980. The Morgan fingerprint density at radius 2 is 1.83 bits per heavy atom. The van der Waals surface area contributed by atoms with Crippen LogP contribution in [0.25, 0.3) is 0 Å². The van der Waals surface area contributed by atoms with Gasteiger partial charge in [-0.05, 0) is 43.9 Å². The van der Waals surface area contributed by atoms with Crippen LogP contribution in [0.2, 0.25) is 0 Å². The fraction of sp³-hybridized carbons (Fsp3) is 0.455. The fourth-order valence-corrected chi connectivity index (χ4v) is 1.56. The molecule has 66 valence electrons. The third-order valence-electron chi connectivity index (χ3n) is 2.76. The van der Waals surface area contributed by atoms with Crippen molar-refractivity contribution >= 4 is 0 Å². The lowest BCUT2D eigenvalue weighted by Crippen LogP contribution is -2.06. The van der Waals surface area contributed by atoms with Crippen LogP contribution in [-0.2, 0) is 0 Å². The van der Waals surface area contributed by atoms with Crippen LogP contribution >= 0.6 is 0 Å². The molecule has 12 heavy (non-hydrogen) atoms. The van der Waals surface area contributed by atoms with Gasteiger partial charge in [-0.1, -0.05) is 12.2 Å². The molecule has 0 unspecified atom stereocenters. The van der Waals surface area contributed by atoms with Crippen molar-refractivity contribution in [3.63, 3.8) is 0 Å². The van der Waals surface area contributed by atoms with Gasteiger partial charge in [0.25, 0.3) is 0 Å². The molecule has 0 atom stereocenters. The molecular weight excluding hydrogens is 146 g/mol. The second-order valence-electron chi connectivity index (χ2n) is 3.41. The minimum absolute atomic E-state index is 1.06. The van der Waals surface area contributed by atoms with E-state index in [1.54, 1.807) is 0 Å². The second kappa shape index (κ2) is 3.18. The first-order valence-corrected chi connectivity index (χ1v) is 4.31. The van der Waals surface area contributed by atoms with Crippen molar-refractivity contribution in [1.29, 1.82) is 0 Å². The molecule has 0 saturated carbocycles. The largest absolute Gasteiger partial charge is 0.388 e. The van der Waals surface area contributed by atoms with Crippen LogP contribution in [0.3, 0.4) is 0 Å². The quantitative estimate of drug-likeness (QED) is 0.660. The van der Waals surface area contributed by atoms with Crippen LogP contribution in [0, 0.1) is 0 Å². The number of nitrogens with one attached hydrogen (secondary N) is 1. The fourth-order valence-electron chi connectivity index (χ4n) is 1.56. The zero-order valence-corrected chi connectivity index (χ0v) is 8.41. The molecule has 0 heterocycles. The lowest BCUT2D eigenvalue weighted by Gasteiger charge is -2.07. The van der Waals surface area contributed by atoms with Gasteiger partial charge in [-0.3, -0.25) is 0 Å². The van der Waals surface area contributed by atoms with Crippen molar-refractivity contribution < 1.29 is 0 Å². The lowest BCUT2D eigenvalue weighted by atomic mass is 10.1. The average molecular weight is 163 g/mol. The van der Waals surface area contributed by atoms with Crippen LogP contribution in [0.4, 0.5) is 0 Å². The van der Waals surface area contributed by atoms with E-state index in [1.807, 2.05) is 7.05 Å². The lowest BCUT2D eigenvalue weighted by molar-refractivity contribution is 0.972. The highest BCUT2D eigenvalue weighted by Crippen LogP contribution is 2.33. The van der Waals surface area contributed by atoms with Crippen LogP contribution in [-0.4, -0.2) is 7.05 Å². The number of hydrogen-bond donors (Lipinski definition) is 1. The van der Waals surface area contributed by atoms with Gasteiger partial charge in [-0.15, -0.1) is 0 Å². The first kappa shape index (κ1) is 9.11. The number of allylic oxidation sites excluding steroid dienone is 4. The van der Waals surface area contributed by atoms with Gasteiger partial charge < -0.3 is 5.32 Å². The van der Waals surface area contributed by atoms with Crippen molar-refractivity contribution in [1.82, 2.24) is 5.32 Å². The Labute approximate surface area is 74.9 Å². The topological polar surface area (TPSA) is 12.0 Å². The predicted octanol–water partition coefficient (Wildman–Crippen LogP) is 2.78. The highest BCUT2D eigenvalue weighted by Gasteiger charge is 2.16. The monoisotopic (exact) mass is 163 g/mol. The molecule has 1 rings (SSSR count). The van der Waals surface area contributed by atoms with Crippen molar-refractivity contribution in [3.05, 3.63) is 34.6 Å². The van der Waals surface area contributed by atoms with E-state index in [9.17, 15) is 0 Å². The van der Waals surface area contributed by atoms with E-state index in [2.05, 4.69) is 32.7 Å². The summed E-state index contributed by atoms with van der Waals surface area (Å²) >= 11 is 0. The van der Waals surface area contributed by atoms with Gasteiger partial charge in [0, 0.05) is 12.7 Å². The molecule has 0 spiro atoms. The molecule has 1 heteroatoms. The Balaban J connectivity index is 2.94. The predicted molar refractivity (Wildman–Crippen MR) is 53.9 cm³/mol. The van der Waals surface area contributed by atoms with Crippen molar-refractivity contribution in [2.75, 3.05) is 7.05 Å². The molecule has 0 aromatic heterocycles. The summed E-state index contributed by atoms with van der Waals surface area (Å²) in [5, 5.41) is 3.10. The summed E-state index contributed by atoms with van der Waals surface area (Å²) in [6.07, 6.45) is 1.07. The van der Waals surface area contributed by atoms with Gasteiger partial charge >= 0.3 is 0 Å². The first-order chi connectivity index (χ1) is 5.57. The van der Waals surface area contributed by atoms with Gasteiger partial charge in [0.05, 0.1) is 0 Å². The van der Waals surface area contributed by atoms with Gasteiger partial charge in [-0.2, -0.15) is 0 Å². The third-order valence-corrected chi connectivity index (χ3v) is 2.76. The molecule has 0 saturated heterocycles. The summed E-state index contributed by atoms with van der Waals surface area (Å²) < 4.78 is 0. The van der Waals surface area contributed by atoms with Crippen LogP contribution in [0.5, 0.6) is 0 Å². The maximum atomic E-state index is 3.98. The zero-order valence-electron chi connectivity index (χ0n) is 8.41. The average Bonchev–Trinajstić information content (AvgIpc) is 2.32. The maximum Gasteiger partial charge on any atom is 0.0303 e. The molecule has 0 amide bonds. The third kappa shape index (κ3) is 1.31. The molecule has 0 aromatic rings. The Morgan fingerprint density at radius 1 is 1.25 bits per heavy atom. The summed E-state index contributed by atoms with van der Waals surface area (Å²) in [5.74, 6) is 0. The zero-order chi connectivity index (χ0) is 9.30. The van der Waals surface area contributed by atoms with Crippen LogP contribution in [0.1, 0.15) is 27.2 Å². The standard InChI is InChI=1S/C11H17N/c1-7-6-11(10(4)12-5)9(3)8(7)2/h12H,4,6H2,1-3,5H3. The highest BCUT2D eigenvalue weighted by atomic mass is 14.8.